The van der Waals surface area contributed by atoms with Crippen LogP contribution in [0, 0.1) is 0 Å². The second-order valence-corrected chi connectivity index (χ2v) is 6.27. The fraction of sp³-hybridized carbons (Fsp3) is 0.211. The van der Waals surface area contributed by atoms with Crippen molar-refractivity contribution in [2.75, 3.05) is 6.54 Å². The molecule has 6 heteroatoms. The van der Waals surface area contributed by atoms with E-state index in [4.69, 9.17) is 11.6 Å². The van der Waals surface area contributed by atoms with E-state index in [-0.39, 0.29) is 5.91 Å². The Hall–Kier alpha value is -2.66. The van der Waals surface area contributed by atoms with Gasteiger partial charge in [0.15, 0.2) is 0 Å². The number of halogens is 1. The Kier molecular flexibility index (Phi) is 5.14. The number of benzene rings is 2. The second kappa shape index (κ2) is 7.49. The summed E-state index contributed by atoms with van der Waals surface area (Å²) in [4.78, 5) is 14.0. The van der Waals surface area contributed by atoms with E-state index in [1.807, 2.05) is 49.5 Å². The van der Waals surface area contributed by atoms with Crippen molar-refractivity contribution in [2.24, 2.45) is 7.05 Å². The SMILES string of the molecule is C=CC(=O)N(CCc1ccc(Cl)cc1)Cc1cccc2c1nnn2C. The van der Waals surface area contributed by atoms with E-state index in [0.29, 0.717) is 18.1 Å². The molecule has 3 aromatic rings. The molecule has 0 saturated carbocycles. The van der Waals surface area contributed by atoms with Crippen molar-refractivity contribution < 1.29 is 4.79 Å². The van der Waals surface area contributed by atoms with E-state index in [0.717, 1.165) is 28.6 Å². The first kappa shape index (κ1) is 17.2. The smallest absolute Gasteiger partial charge is 0.246 e. The minimum atomic E-state index is -0.102. The maximum Gasteiger partial charge on any atom is 0.246 e. The van der Waals surface area contributed by atoms with Crippen molar-refractivity contribution in [1.82, 2.24) is 19.9 Å². The third-order valence-electron chi connectivity index (χ3n) is 4.16. The van der Waals surface area contributed by atoms with Gasteiger partial charge >= 0.3 is 0 Å². The fourth-order valence-electron chi connectivity index (χ4n) is 2.76. The van der Waals surface area contributed by atoms with Crippen LogP contribution in [0.5, 0.6) is 0 Å². The summed E-state index contributed by atoms with van der Waals surface area (Å²) in [5.41, 5.74) is 3.86. The van der Waals surface area contributed by atoms with Crippen LogP contribution in [0.25, 0.3) is 11.0 Å². The van der Waals surface area contributed by atoms with Gasteiger partial charge in [-0.2, -0.15) is 0 Å². The van der Waals surface area contributed by atoms with Crippen LogP contribution >= 0.6 is 11.6 Å². The zero-order valence-corrected chi connectivity index (χ0v) is 14.8. The van der Waals surface area contributed by atoms with Crippen LogP contribution in [-0.2, 0) is 24.8 Å². The van der Waals surface area contributed by atoms with Crippen molar-refractivity contribution in [2.45, 2.75) is 13.0 Å². The maximum atomic E-state index is 12.3. The maximum absolute atomic E-state index is 12.3. The van der Waals surface area contributed by atoms with Gasteiger partial charge < -0.3 is 4.90 Å². The number of fused-ring (bicyclic) bond motifs is 1. The van der Waals surface area contributed by atoms with Crippen LogP contribution in [0.1, 0.15) is 11.1 Å². The van der Waals surface area contributed by atoms with Gasteiger partial charge in [0, 0.05) is 30.7 Å². The van der Waals surface area contributed by atoms with Crippen LogP contribution in [0.15, 0.2) is 55.1 Å². The molecule has 0 N–H and O–H groups in total. The molecule has 1 aromatic heterocycles. The molecule has 0 saturated heterocycles. The number of carbonyl (C=O) groups is 1. The molecule has 0 unspecified atom stereocenters. The van der Waals surface area contributed by atoms with Crippen molar-refractivity contribution >= 4 is 28.5 Å². The zero-order valence-electron chi connectivity index (χ0n) is 14.0. The molecule has 0 atom stereocenters. The highest BCUT2D eigenvalue weighted by Gasteiger charge is 2.14. The summed E-state index contributed by atoms with van der Waals surface area (Å²) < 4.78 is 1.73. The summed E-state index contributed by atoms with van der Waals surface area (Å²) in [6.07, 6.45) is 2.09. The summed E-state index contributed by atoms with van der Waals surface area (Å²) >= 11 is 5.92. The van der Waals surface area contributed by atoms with Gasteiger partial charge in [0.25, 0.3) is 0 Å². The van der Waals surface area contributed by atoms with Crippen LogP contribution < -0.4 is 0 Å². The average molecular weight is 355 g/mol. The first-order valence-corrected chi connectivity index (χ1v) is 8.39. The Labute approximate surface area is 151 Å². The molecule has 128 valence electrons. The summed E-state index contributed by atoms with van der Waals surface area (Å²) in [7, 11) is 1.85. The minimum absolute atomic E-state index is 0.102. The first-order chi connectivity index (χ1) is 12.1. The summed E-state index contributed by atoms with van der Waals surface area (Å²) in [5.74, 6) is -0.102. The molecule has 3 rings (SSSR count). The predicted octanol–water partition coefficient (Wildman–Crippen LogP) is 3.38. The Morgan fingerprint density at radius 3 is 2.76 bits per heavy atom. The van der Waals surface area contributed by atoms with Crippen LogP contribution in [0.4, 0.5) is 0 Å². The van der Waals surface area contributed by atoms with Crippen molar-refractivity contribution in [1.29, 1.82) is 0 Å². The lowest BCUT2D eigenvalue weighted by atomic mass is 10.1. The Balaban J connectivity index is 1.79. The van der Waals surface area contributed by atoms with Gasteiger partial charge in [0.2, 0.25) is 5.91 Å². The molecule has 0 fully saturated rings. The lowest BCUT2D eigenvalue weighted by Crippen LogP contribution is -2.31. The summed E-state index contributed by atoms with van der Waals surface area (Å²) in [6.45, 7) is 4.67. The number of aryl methyl sites for hydroxylation is 1. The lowest BCUT2D eigenvalue weighted by molar-refractivity contribution is -0.126. The van der Waals surface area contributed by atoms with E-state index >= 15 is 0 Å². The molecular formula is C19H19ClN4O. The van der Waals surface area contributed by atoms with Gasteiger partial charge in [-0.15, -0.1) is 5.10 Å². The Morgan fingerprint density at radius 2 is 2.04 bits per heavy atom. The zero-order chi connectivity index (χ0) is 17.8. The van der Waals surface area contributed by atoms with Crippen LogP contribution in [0.2, 0.25) is 5.02 Å². The Bertz CT molecular complexity index is 901. The minimum Gasteiger partial charge on any atom is -0.334 e. The predicted molar refractivity (Wildman–Crippen MR) is 99.3 cm³/mol. The van der Waals surface area contributed by atoms with Crippen molar-refractivity contribution in [3.8, 4) is 0 Å². The van der Waals surface area contributed by atoms with Crippen molar-refractivity contribution in [3.63, 3.8) is 0 Å². The van der Waals surface area contributed by atoms with Gasteiger partial charge in [-0.3, -0.25) is 4.79 Å². The standard InChI is InChI=1S/C19H19ClN4O/c1-3-18(25)24(12-11-14-7-9-16(20)10-8-14)13-15-5-4-6-17-19(15)21-22-23(17)2/h3-10H,1,11-13H2,2H3. The molecule has 1 amide bonds. The third kappa shape index (κ3) is 3.88. The van der Waals surface area contributed by atoms with Gasteiger partial charge in [-0.25, -0.2) is 4.68 Å². The van der Waals surface area contributed by atoms with E-state index in [2.05, 4.69) is 16.9 Å². The van der Waals surface area contributed by atoms with E-state index < -0.39 is 0 Å². The number of hydrogen-bond donors (Lipinski definition) is 0. The monoisotopic (exact) mass is 354 g/mol. The highest BCUT2D eigenvalue weighted by Crippen LogP contribution is 2.18. The molecule has 0 bridgehead atoms. The van der Waals surface area contributed by atoms with Gasteiger partial charge in [0.05, 0.1) is 5.52 Å². The molecule has 0 radical (unpaired) electrons. The van der Waals surface area contributed by atoms with E-state index in [1.54, 1.807) is 9.58 Å². The molecule has 25 heavy (non-hydrogen) atoms. The van der Waals surface area contributed by atoms with E-state index in [9.17, 15) is 4.79 Å². The number of hydrogen-bond acceptors (Lipinski definition) is 3. The summed E-state index contributed by atoms with van der Waals surface area (Å²) in [5, 5.41) is 8.99. The normalized spacial score (nSPS) is 10.8. The lowest BCUT2D eigenvalue weighted by Gasteiger charge is -2.21. The van der Waals surface area contributed by atoms with Crippen LogP contribution in [-0.4, -0.2) is 32.3 Å². The highest BCUT2D eigenvalue weighted by atomic mass is 35.5. The fourth-order valence-corrected chi connectivity index (χ4v) is 2.88. The first-order valence-electron chi connectivity index (χ1n) is 8.01. The second-order valence-electron chi connectivity index (χ2n) is 5.84. The molecule has 2 aromatic carbocycles. The third-order valence-corrected chi connectivity index (χ3v) is 4.41. The number of nitrogens with zero attached hydrogens (tertiary/aromatic N) is 4. The molecule has 5 nitrogen and oxygen atoms in total. The largest absolute Gasteiger partial charge is 0.334 e. The molecule has 0 aliphatic rings. The molecular weight excluding hydrogens is 336 g/mol. The summed E-state index contributed by atoms with van der Waals surface area (Å²) in [6, 6.07) is 13.6. The average Bonchev–Trinajstić information content (AvgIpc) is 3.01. The van der Waals surface area contributed by atoms with Crippen molar-refractivity contribution in [3.05, 3.63) is 71.3 Å². The van der Waals surface area contributed by atoms with Gasteiger partial charge in [0.1, 0.15) is 5.52 Å². The van der Waals surface area contributed by atoms with Gasteiger partial charge in [-0.1, -0.05) is 47.7 Å². The topological polar surface area (TPSA) is 51.0 Å². The Morgan fingerprint density at radius 1 is 1.28 bits per heavy atom. The highest BCUT2D eigenvalue weighted by molar-refractivity contribution is 6.30. The number of aromatic nitrogens is 3. The van der Waals surface area contributed by atoms with Gasteiger partial charge in [-0.05, 0) is 36.3 Å². The molecule has 1 heterocycles. The number of amides is 1. The molecule has 0 aliphatic heterocycles. The number of rotatable bonds is 6. The molecule has 0 spiro atoms. The number of carbonyl (C=O) groups excluding carboxylic acids is 1. The molecule has 0 aliphatic carbocycles. The quantitative estimate of drug-likeness (QED) is 0.638. The van der Waals surface area contributed by atoms with E-state index in [1.165, 1.54) is 6.08 Å². The van der Waals surface area contributed by atoms with Crippen LogP contribution in [0.3, 0.4) is 0 Å².